The molecule has 0 fully saturated rings. The molecule has 2 rings (SSSR count). The van der Waals surface area contributed by atoms with E-state index in [1.807, 2.05) is 30.3 Å². The van der Waals surface area contributed by atoms with Crippen molar-refractivity contribution in [3.63, 3.8) is 0 Å². The molecule has 0 atom stereocenters. The topological polar surface area (TPSA) is 9.23 Å². The fourth-order valence-electron chi connectivity index (χ4n) is 1.65. The molecule has 0 N–H and O–H groups in total. The standard InChI is InChI=1S/C13H12ClO/c1-15-13-8-3-2-7-12(13)10-5-4-6-11(14)9-10/h3-9H,2H2,1H3. The van der Waals surface area contributed by atoms with Gasteiger partial charge in [0, 0.05) is 10.6 Å². The van der Waals surface area contributed by atoms with Crippen LogP contribution in [-0.4, -0.2) is 7.11 Å². The minimum atomic E-state index is 0.749. The van der Waals surface area contributed by atoms with Crippen molar-refractivity contribution in [1.29, 1.82) is 0 Å². The molecule has 0 saturated carbocycles. The molecule has 1 aliphatic rings. The molecule has 0 bridgehead atoms. The summed E-state index contributed by atoms with van der Waals surface area (Å²) in [5.41, 5.74) is 2.21. The molecular weight excluding hydrogens is 208 g/mol. The second-order valence-electron chi connectivity index (χ2n) is 3.33. The van der Waals surface area contributed by atoms with Gasteiger partial charge in [-0.15, -0.1) is 0 Å². The SMILES string of the molecule is COC1=C(c2cccc(Cl)c2)[CH]CC=C1. The van der Waals surface area contributed by atoms with Gasteiger partial charge in [0.05, 0.1) is 7.11 Å². The monoisotopic (exact) mass is 219 g/mol. The molecule has 0 spiro atoms. The van der Waals surface area contributed by atoms with Crippen LogP contribution >= 0.6 is 11.6 Å². The van der Waals surface area contributed by atoms with Gasteiger partial charge in [0.25, 0.3) is 0 Å². The second kappa shape index (κ2) is 4.54. The summed E-state index contributed by atoms with van der Waals surface area (Å²) in [4.78, 5) is 0. The fourth-order valence-corrected chi connectivity index (χ4v) is 1.84. The maximum Gasteiger partial charge on any atom is 0.122 e. The third-order valence-electron chi connectivity index (χ3n) is 2.35. The first-order valence-electron chi connectivity index (χ1n) is 4.85. The molecule has 1 aliphatic carbocycles. The van der Waals surface area contributed by atoms with Gasteiger partial charge in [-0.3, -0.25) is 0 Å². The summed E-state index contributed by atoms with van der Waals surface area (Å²) in [5, 5.41) is 0.749. The number of rotatable bonds is 2. The minimum Gasteiger partial charge on any atom is -0.496 e. The molecule has 1 radical (unpaired) electrons. The van der Waals surface area contributed by atoms with E-state index in [4.69, 9.17) is 16.3 Å². The Balaban J connectivity index is 2.44. The molecule has 0 amide bonds. The lowest BCUT2D eigenvalue weighted by atomic mass is 9.96. The minimum absolute atomic E-state index is 0.749. The van der Waals surface area contributed by atoms with E-state index < -0.39 is 0 Å². The summed E-state index contributed by atoms with van der Waals surface area (Å²) in [6.07, 6.45) is 7.16. The van der Waals surface area contributed by atoms with Crippen LogP contribution in [0.15, 0.2) is 42.2 Å². The van der Waals surface area contributed by atoms with Crippen molar-refractivity contribution in [2.45, 2.75) is 6.42 Å². The lowest BCUT2D eigenvalue weighted by molar-refractivity contribution is 0.308. The summed E-state index contributed by atoms with van der Waals surface area (Å²) in [6.45, 7) is 0. The molecule has 2 heteroatoms. The molecule has 0 heterocycles. The zero-order valence-electron chi connectivity index (χ0n) is 8.53. The highest BCUT2D eigenvalue weighted by Crippen LogP contribution is 2.29. The van der Waals surface area contributed by atoms with E-state index in [0.717, 1.165) is 28.3 Å². The maximum atomic E-state index is 5.96. The van der Waals surface area contributed by atoms with Crippen molar-refractivity contribution < 1.29 is 4.74 Å². The maximum absolute atomic E-state index is 5.96. The van der Waals surface area contributed by atoms with Crippen molar-refractivity contribution in [2.75, 3.05) is 7.11 Å². The van der Waals surface area contributed by atoms with Crippen molar-refractivity contribution in [2.24, 2.45) is 0 Å². The highest BCUT2D eigenvalue weighted by Gasteiger charge is 2.11. The van der Waals surface area contributed by atoms with E-state index in [1.54, 1.807) is 7.11 Å². The summed E-state index contributed by atoms with van der Waals surface area (Å²) in [6, 6.07) is 7.81. The Morgan fingerprint density at radius 2 is 2.20 bits per heavy atom. The first-order valence-corrected chi connectivity index (χ1v) is 5.23. The van der Waals surface area contributed by atoms with Crippen LogP contribution in [-0.2, 0) is 4.74 Å². The summed E-state index contributed by atoms with van der Waals surface area (Å²) in [7, 11) is 1.68. The van der Waals surface area contributed by atoms with Crippen LogP contribution in [0.3, 0.4) is 0 Å². The Hall–Kier alpha value is -1.21. The summed E-state index contributed by atoms with van der Waals surface area (Å²) in [5.74, 6) is 0.892. The van der Waals surface area contributed by atoms with Crippen molar-refractivity contribution in [3.8, 4) is 0 Å². The van der Waals surface area contributed by atoms with Crippen LogP contribution in [0.5, 0.6) is 0 Å². The number of methoxy groups -OCH3 is 1. The van der Waals surface area contributed by atoms with E-state index in [-0.39, 0.29) is 0 Å². The highest BCUT2D eigenvalue weighted by molar-refractivity contribution is 6.30. The summed E-state index contributed by atoms with van der Waals surface area (Å²) < 4.78 is 5.32. The van der Waals surface area contributed by atoms with Gasteiger partial charge in [-0.2, -0.15) is 0 Å². The third-order valence-corrected chi connectivity index (χ3v) is 2.58. The normalized spacial score (nSPS) is 15.6. The molecule has 1 nitrogen and oxygen atoms in total. The van der Waals surface area contributed by atoms with Crippen LogP contribution in [0.25, 0.3) is 5.57 Å². The lowest BCUT2D eigenvalue weighted by Gasteiger charge is -2.14. The second-order valence-corrected chi connectivity index (χ2v) is 3.77. The Morgan fingerprint density at radius 1 is 1.33 bits per heavy atom. The van der Waals surface area contributed by atoms with Crippen molar-refractivity contribution >= 4 is 17.2 Å². The quantitative estimate of drug-likeness (QED) is 0.734. The lowest BCUT2D eigenvalue weighted by Crippen LogP contribution is -1.97. The van der Waals surface area contributed by atoms with Gasteiger partial charge in [0.1, 0.15) is 5.76 Å². The van der Waals surface area contributed by atoms with Gasteiger partial charge in [-0.1, -0.05) is 29.8 Å². The van der Waals surface area contributed by atoms with Crippen LogP contribution in [0.2, 0.25) is 5.02 Å². The van der Waals surface area contributed by atoms with Gasteiger partial charge in [0.2, 0.25) is 0 Å². The van der Waals surface area contributed by atoms with E-state index >= 15 is 0 Å². The molecule has 15 heavy (non-hydrogen) atoms. The van der Waals surface area contributed by atoms with Gasteiger partial charge < -0.3 is 4.74 Å². The highest BCUT2D eigenvalue weighted by atomic mass is 35.5. The number of hydrogen-bond acceptors (Lipinski definition) is 1. The zero-order valence-corrected chi connectivity index (χ0v) is 9.29. The van der Waals surface area contributed by atoms with Crippen LogP contribution in [0, 0.1) is 6.42 Å². The first-order chi connectivity index (χ1) is 7.31. The third kappa shape index (κ3) is 2.24. The van der Waals surface area contributed by atoms with Crippen LogP contribution in [0.1, 0.15) is 12.0 Å². The predicted molar refractivity (Wildman–Crippen MR) is 63.4 cm³/mol. The number of halogens is 1. The predicted octanol–water partition coefficient (Wildman–Crippen LogP) is 3.86. The Labute approximate surface area is 95.0 Å². The zero-order chi connectivity index (χ0) is 10.7. The molecule has 0 saturated heterocycles. The Bertz CT molecular complexity index is 418. The van der Waals surface area contributed by atoms with Crippen molar-refractivity contribution in [1.82, 2.24) is 0 Å². The van der Waals surface area contributed by atoms with Gasteiger partial charge in [-0.05, 0) is 36.6 Å². The molecule has 1 aromatic carbocycles. The average Bonchev–Trinajstić information content (AvgIpc) is 2.29. The molecule has 77 valence electrons. The Morgan fingerprint density at radius 3 is 2.93 bits per heavy atom. The molecule has 0 aromatic heterocycles. The van der Waals surface area contributed by atoms with E-state index in [2.05, 4.69) is 12.5 Å². The fraction of sp³-hybridized carbons (Fsp3) is 0.154. The largest absolute Gasteiger partial charge is 0.496 e. The number of benzene rings is 1. The van der Waals surface area contributed by atoms with Gasteiger partial charge in [0.15, 0.2) is 0 Å². The van der Waals surface area contributed by atoms with E-state index in [1.165, 1.54) is 0 Å². The first kappa shape index (κ1) is 10.3. The number of allylic oxidation sites excluding steroid dienone is 3. The Kier molecular flexibility index (Phi) is 3.12. The molecule has 1 aromatic rings. The number of hydrogen-bond donors (Lipinski definition) is 0. The number of ether oxygens (including phenoxy) is 1. The smallest absolute Gasteiger partial charge is 0.122 e. The van der Waals surface area contributed by atoms with Gasteiger partial charge in [-0.25, -0.2) is 0 Å². The van der Waals surface area contributed by atoms with Crippen LogP contribution < -0.4 is 0 Å². The van der Waals surface area contributed by atoms with Crippen molar-refractivity contribution in [3.05, 3.63) is 59.2 Å². The van der Waals surface area contributed by atoms with Crippen LogP contribution in [0.4, 0.5) is 0 Å². The molecule has 0 unspecified atom stereocenters. The van der Waals surface area contributed by atoms with E-state index in [9.17, 15) is 0 Å². The summed E-state index contributed by atoms with van der Waals surface area (Å²) >= 11 is 5.96. The van der Waals surface area contributed by atoms with E-state index in [0.29, 0.717) is 0 Å². The van der Waals surface area contributed by atoms with Gasteiger partial charge >= 0.3 is 0 Å². The molecule has 0 aliphatic heterocycles. The average molecular weight is 220 g/mol. The molecular formula is C13H12ClO.